The summed E-state index contributed by atoms with van der Waals surface area (Å²) in [5.41, 5.74) is 3.33. The summed E-state index contributed by atoms with van der Waals surface area (Å²) in [7, 11) is 1.98. The first kappa shape index (κ1) is 15.9. The average molecular weight is 319 g/mol. The van der Waals surface area contributed by atoms with Crippen molar-refractivity contribution in [2.45, 2.75) is 13.8 Å². The van der Waals surface area contributed by atoms with Crippen LogP contribution in [0.3, 0.4) is 0 Å². The third-order valence-corrected chi connectivity index (χ3v) is 3.89. The van der Waals surface area contributed by atoms with Crippen LogP contribution in [0, 0.1) is 6.92 Å². The lowest BCUT2D eigenvalue weighted by atomic mass is 10.2. The molecule has 5 heteroatoms. The Morgan fingerprint density at radius 1 is 0.958 bits per heavy atom. The SMILES string of the molecule is CCN(c1cccc(C)c1)c1nncc(N(C)c2ccccc2)n1. The Morgan fingerprint density at radius 3 is 2.42 bits per heavy atom. The Labute approximate surface area is 142 Å². The van der Waals surface area contributed by atoms with Crippen molar-refractivity contribution in [3.63, 3.8) is 0 Å². The maximum Gasteiger partial charge on any atom is 0.251 e. The first-order valence-electron chi connectivity index (χ1n) is 8.01. The van der Waals surface area contributed by atoms with E-state index in [1.807, 2.05) is 48.3 Å². The van der Waals surface area contributed by atoms with Crippen LogP contribution in [0.5, 0.6) is 0 Å². The molecular formula is C19H21N5. The van der Waals surface area contributed by atoms with Gasteiger partial charge in [-0.1, -0.05) is 30.3 Å². The Hall–Kier alpha value is -2.95. The minimum Gasteiger partial charge on any atom is -0.328 e. The smallest absolute Gasteiger partial charge is 0.251 e. The van der Waals surface area contributed by atoms with E-state index >= 15 is 0 Å². The number of hydrogen-bond acceptors (Lipinski definition) is 5. The standard InChI is InChI=1S/C19H21N5/c1-4-24(17-12-8-9-15(2)13-17)19-21-18(14-20-22-19)23(3)16-10-6-5-7-11-16/h5-14H,4H2,1-3H3. The first-order chi connectivity index (χ1) is 11.7. The molecule has 1 aromatic heterocycles. The van der Waals surface area contributed by atoms with Crippen molar-refractivity contribution in [3.05, 3.63) is 66.4 Å². The van der Waals surface area contributed by atoms with Crippen LogP contribution in [0.1, 0.15) is 12.5 Å². The van der Waals surface area contributed by atoms with Crippen LogP contribution in [0.2, 0.25) is 0 Å². The van der Waals surface area contributed by atoms with Crippen molar-refractivity contribution in [1.29, 1.82) is 0 Å². The maximum atomic E-state index is 4.70. The molecule has 0 spiro atoms. The molecule has 0 aliphatic heterocycles. The number of para-hydroxylation sites is 1. The first-order valence-corrected chi connectivity index (χ1v) is 8.01. The second-order valence-electron chi connectivity index (χ2n) is 5.59. The summed E-state index contributed by atoms with van der Waals surface area (Å²) in [6.45, 7) is 4.93. The van der Waals surface area contributed by atoms with E-state index in [4.69, 9.17) is 4.98 Å². The van der Waals surface area contributed by atoms with Gasteiger partial charge in [0, 0.05) is 25.0 Å². The lowest BCUT2D eigenvalue weighted by Gasteiger charge is -2.23. The minimum atomic E-state index is 0.600. The van der Waals surface area contributed by atoms with E-state index in [-0.39, 0.29) is 0 Å². The van der Waals surface area contributed by atoms with Crippen LogP contribution in [0.15, 0.2) is 60.8 Å². The summed E-state index contributed by atoms with van der Waals surface area (Å²) in [6, 6.07) is 18.4. The molecule has 24 heavy (non-hydrogen) atoms. The van der Waals surface area contributed by atoms with Crippen molar-refractivity contribution in [2.75, 3.05) is 23.4 Å². The highest BCUT2D eigenvalue weighted by Crippen LogP contribution is 2.25. The molecule has 3 rings (SSSR count). The number of nitrogens with zero attached hydrogens (tertiary/aromatic N) is 5. The molecule has 122 valence electrons. The quantitative estimate of drug-likeness (QED) is 0.708. The molecule has 0 amide bonds. The topological polar surface area (TPSA) is 45.2 Å². The fourth-order valence-corrected chi connectivity index (χ4v) is 2.58. The van der Waals surface area contributed by atoms with Gasteiger partial charge in [0.05, 0.1) is 6.20 Å². The molecule has 0 saturated heterocycles. The van der Waals surface area contributed by atoms with E-state index in [0.717, 1.165) is 23.7 Å². The molecule has 0 bridgehead atoms. The Morgan fingerprint density at radius 2 is 1.71 bits per heavy atom. The molecule has 0 unspecified atom stereocenters. The second-order valence-corrected chi connectivity index (χ2v) is 5.59. The Bertz CT molecular complexity index is 804. The largest absolute Gasteiger partial charge is 0.328 e. The average Bonchev–Trinajstić information content (AvgIpc) is 2.63. The zero-order valence-corrected chi connectivity index (χ0v) is 14.2. The van der Waals surface area contributed by atoms with Gasteiger partial charge in [-0.15, -0.1) is 5.10 Å². The monoisotopic (exact) mass is 319 g/mol. The molecular weight excluding hydrogens is 298 g/mol. The van der Waals surface area contributed by atoms with Crippen LogP contribution in [-0.4, -0.2) is 28.8 Å². The predicted octanol–water partition coefficient (Wildman–Crippen LogP) is 4.11. The Kier molecular flexibility index (Phi) is 4.70. The molecule has 5 nitrogen and oxygen atoms in total. The summed E-state index contributed by atoms with van der Waals surface area (Å²) in [4.78, 5) is 8.76. The lowest BCUT2D eigenvalue weighted by Crippen LogP contribution is -2.21. The van der Waals surface area contributed by atoms with Crippen LogP contribution >= 0.6 is 0 Å². The summed E-state index contributed by atoms with van der Waals surface area (Å²) >= 11 is 0. The molecule has 1 heterocycles. The van der Waals surface area contributed by atoms with Crippen LogP contribution in [0.25, 0.3) is 0 Å². The normalized spacial score (nSPS) is 10.5. The van der Waals surface area contributed by atoms with Gasteiger partial charge >= 0.3 is 0 Å². The third-order valence-electron chi connectivity index (χ3n) is 3.89. The van der Waals surface area contributed by atoms with Gasteiger partial charge in [0.15, 0.2) is 5.82 Å². The van der Waals surface area contributed by atoms with Crippen LogP contribution < -0.4 is 9.80 Å². The van der Waals surface area contributed by atoms with Gasteiger partial charge in [-0.2, -0.15) is 10.1 Å². The van der Waals surface area contributed by atoms with E-state index in [1.54, 1.807) is 6.20 Å². The minimum absolute atomic E-state index is 0.600. The zero-order chi connectivity index (χ0) is 16.9. The fraction of sp³-hybridized carbons (Fsp3) is 0.211. The number of aryl methyl sites for hydroxylation is 1. The van der Waals surface area contributed by atoms with Gasteiger partial charge in [0.25, 0.3) is 5.95 Å². The Balaban J connectivity index is 1.94. The van der Waals surface area contributed by atoms with E-state index in [1.165, 1.54) is 5.56 Å². The molecule has 2 aromatic carbocycles. The molecule has 0 radical (unpaired) electrons. The highest BCUT2D eigenvalue weighted by Gasteiger charge is 2.14. The van der Waals surface area contributed by atoms with Gasteiger partial charge in [-0.05, 0) is 43.7 Å². The highest BCUT2D eigenvalue weighted by atomic mass is 15.3. The van der Waals surface area contributed by atoms with E-state index in [0.29, 0.717) is 5.95 Å². The maximum absolute atomic E-state index is 4.70. The van der Waals surface area contributed by atoms with Crippen molar-refractivity contribution >= 4 is 23.1 Å². The molecule has 0 aliphatic rings. The van der Waals surface area contributed by atoms with Gasteiger partial charge in [-0.25, -0.2) is 0 Å². The van der Waals surface area contributed by atoms with E-state index in [9.17, 15) is 0 Å². The zero-order valence-electron chi connectivity index (χ0n) is 14.2. The summed E-state index contributed by atoms with van der Waals surface area (Å²) in [6.07, 6.45) is 1.68. The molecule has 0 fully saturated rings. The summed E-state index contributed by atoms with van der Waals surface area (Å²) in [5, 5.41) is 8.38. The third kappa shape index (κ3) is 3.35. The van der Waals surface area contributed by atoms with E-state index in [2.05, 4.69) is 47.1 Å². The van der Waals surface area contributed by atoms with E-state index < -0.39 is 0 Å². The summed E-state index contributed by atoms with van der Waals surface area (Å²) < 4.78 is 0. The van der Waals surface area contributed by atoms with Crippen molar-refractivity contribution in [1.82, 2.24) is 15.2 Å². The van der Waals surface area contributed by atoms with Crippen LogP contribution in [0.4, 0.5) is 23.1 Å². The molecule has 0 saturated carbocycles. The number of rotatable bonds is 5. The summed E-state index contributed by atoms with van der Waals surface area (Å²) in [5.74, 6) is 1.36. The van der Waals surface area contributed by atoms with Gasteiger partial charge in [0.1, 0.15) is 0 Å². The predicted molar refractivity (Wildman–Crippen MR) is 98.2 cm³/mol. The molecule has 0 atom stereocenters. The van der Waals surface area contributed by atoms with Gasteiger partial charge in [-0.3, -0.25) is 0 Å². The van der Waals surface area contributed by atoms with Gasteiger partial charge < -0.3 is 9.80 Å². The molecule has 0 N–H and O–H groups in total. The number of anilines is 4. The molecule has 3 aromatic rings. The highest BCUT2D eigenvalue weighted by molar-refractivity contribution is 5.62. The number of hydrogen-bond donors (Lipinski definition) is 0. The fourth-order valence-electron chi connectivity index (χ4n) is 2.58. The number of benzene rings is 2. The van der Waals surface area contributed by atoms with Crippen molar-refractivity contribution in [3.8, 4) is 0 Å². The van der Waals surface area contributed by atoms with Crippen LogP contribution in [-0.2, 0) is 0 Å². The van der Waals surface area contributed by atoms with Gasteiger partial charge in [0.2, 0.25) is 0 Å². The number of aromatic nitrogens is 3. The lowest BCUT2D eigenvalue weighted by molar-refractivity contribution is 0.876. The molecule has 0 aliphatic carbocycles. The van der Waals surface area contributed by atoms with Crippen molar-refractivity contribution in [2.24, 2.45) is 0 Å². The second kappa shape index (κ2) is 7.08. The van der Waals surface area contributed by atoms with Crippen molar-refractivity contribution < 1.29 is 0 Å².